The molecule has 5 heteroatoms. The number of pyridine rings is 1. The first-order valence-electron chi connectivity index (χ1n) is 7.59. The molecular formula is C17H20N2O2S. The zero-order chi connectivity index (χ0) is 15.5. The summed E-state index contributed by atoms with van der Waals surface area (Å²) in [6.45, 7) is 1.62. The van der Waals surface area contributed by atoms with Crippen LogP contribution in [0.15, 0.2) is 35.3 Å². The standard InChI is InChI=1S/C17H20N2O2S/c1-22-11-12-5-4-8-19(10-12)17(21)15-9-18-16(20)14-7-3-2-6-13(14)15/h2-3,6-7,9,12H,4-5,8,10-11H2,1H3,(H,18,20)/t12-/m0/s1. The summed E-state index contributed by atoms with van der Waals surface area (Å²) in [6, 6.07) is 7.30. The number of fused-ring (bicyclic) bond motifs is 1. The van der Waals surface area contributed by atoms with E-state index in [1.807, 2.05) is 34.9 Å². The number of hydrogen-bond acceptors (Lipinski definition) is 3. The lowest BCUT2D eigenvalue weighted by Crippen LogP contribution is -2.40. The van der Waals surface area contributed by atoms with Gasteiger partial charge in [-0.25, -0.2) is 0 Å². The van der Waals surface area contributed by atoms with Crippen LogP contribution < -0.4 is 5.56 Å². The fraction of sp³-hybridized carbons (Fsp3) is 0.412. The first-order valence-corrected chi connectivity index (χ1v) is 8.98. The minimum atomic E-state index is -0.147. The normalized spacial score (nSPS) is 18.6. The number of rotatable bonds is 3. The van der Waals surface area contributed by atoms with Gasteiger partial charge in [0.2, 0.25) is 0 Å². The molecule has 0 saturated carbocycles. The molecule has 1 atom stereocenters. The molecule has 1 aromatic heterocycles. The summed E-state index contributed by atoms with van der Waals surface area (Å²) in [5.41, 5.74) is 0.450. The summed E-state index contributed by atoms with van der Waals surface area (Å²) in [7, 11) is 0. The Morgan fingerprint density at radius 2 is 2.14 bits per heavy atom. The molecule has 0 bridgehead atoms. The van der Waals surface area contributed by atoms with Crippen molar-refractivity contribution in [3.05, 3.63) is 46.4 Å². The molecule has 1 saturated heterocycles. The lowest BCUT2D eigenvalue weighted by Gasteiger charge is -2.32. The second-order valence-electron chi connectivity index (χ2n) is 5.79. The molecule has 1 aliphatic rings. The zero-order valence-corrected chi connectivity index (χ0v) is 13.5. The third-order valence-corrected chi connectivity index (χ3v) is 5.05. The van der Waals surface area contributed by atoms with Crippen LogP contribution in [0.1, 0.15) is 23.2 Å². The third kappa shape index (κ3) is 2.90. The molecule has 1 N–H and O–H groups in total. The lowest BCUT2D eigenvalue weighted by molar-refractivity contribution is 0.0687. The predicted molar refractivity (Wildman–Crippen MR) is 91.6 cm³/mol. The highest BCUT2D eigenvalue weighted by Gasteiger charge is 2.25. The van der Waals surface area contributed by atoms with Gasteiger partial charge in [-0.2, -0.15) is 11.8 Å². The Morgan fingerprint density at radius 1 is 1.36 bits per heavy atom. The van der Waals surface area contributed by atoms with Crippen molar-refractivity contribution >= 4 is 28.4 Å². The molecule has 0 aliphatic carbocycles. The number of carbonyl (C=O) groups is 1. The highest BCUT2D eigenvalue weighted by atomic mass is 32.2. The summed E-state index contributed by atoms with van der Waals surface area (Å²) in [5, 5.41) is 1.31. The number of nitrogens with zero attached hydrogens (tertiary/aromatic N) is 1. The van der Waals surface area contributed by atoms with Gasteiger partial charge in [-0.15, -0.1) is 0 Å². The van der Waals surface area contributed by atoms with Gasteiger partial charge in [0, 0.05) is 30.1 Å². The van der Waals surface area contributed by atoms with Crippen molar-refractivity contribution in [2.75, 3.05) is 25.1 Å². The first-order chi connectivity index (χ1) is 10.7. The van der Waals surface area contributed by atoms with Crippen molar-refractivity contribution in [1.29, 1.82) is 0 Å². The van der Waals surface area contributed by atoms with Crippen LogP contribution in [0, 0.1) is 5.92 Å². The summed E-state index contributed by atoms with van der Waals surface area (Å²) in [4.78, 5) is 29.4. The number of benzene rings is 1. The SMILES string of the molecule is CSC[C@H]1CCCN(C(=O)c2c[nH]c(=O)c3ccccc23)C1. The Kier molecular flexibility index (Phi) is 4.52. The molecule has 1 fully saturated rings. The van der Waals surface area contributed by atoms with Gasteiger partial charge < -0.3 is 9.88 Å². The molecule has 1 aromatic carbocycles. The van der Waals surface area contributed by atoms with Crippen molar-refractivity contribution in [3.63, 3.8) is 0 Å². The number of H-pyrrole nitrogens is 1. The number of carbonyl (C=O) groups excluding carboxylic acids is 1. The number of thioether (sulfide) groups is 1. The number of hydrogen-bond donors (Lipinski definition) is 1. The molecule has 1 aliphatic heterocycles. The largest absolute Gasteiger partial charge is 0.338 e. The van der Waals surface area contributed by atoms with Gasteiger partial charge >= 0.3 is 0 Å². The molecule has 0 unspecified atom stereocenters. The van der Waals surface area contributed by atoms with Crippen LogP contribution >= 0.6 is 11.8 Å². The minimum Gasteiger partial charge on any atom is -0.338 e. The van der Waals surface area contributed by atoms with Crippen LogP contribution in [0.3, 0.4) is 0 Å². The van der Waals surface area contributed by atoms with Gasteiger partial charge in [-0.05, 0) is 36.8 Å². The first kappa shape index (κ1) is 15.2. The van der Waals surface area contributed by atoms with Gasteiger partial charge in [0.25, 0.3) is 11.5 Å². The molecule has 4 nitrogen and oxygen atoms in total. The van der Waals surface area contributed by atoms with E-state index in [0.29, 0.717) is 16.9 Å². The smallest absolute Gasteiger partial charge is 0.255 e. The van der Waals surface area contributed by atoms with E-state index in [1.54, 1.807) is 12.3 Å². The number of nitrogens with one attached hydrogen (secondary N) is 1. The van der Waals surface area contributed by atoms with Gasteiger partial charge in [0.05, 0.1) is 5.56 Å². The summed E-state index contributed by atoms with van der Waals surface area (Å²) < 4.78 is 0. The van der Waals surface area contributed by atoms with Crippen LogP contribution in [0.25, 0.3) is 10.8 Å². The molecule has 116 valence electrons. The van der Waals surface area contributed by atoms with Gasteiger partial charge in [-0.3, -0.25) is 9.59 Å². The van der Waals surface area contributed by atoms with Crippen LogP contribution in [0.5, 0.6) is 0 Å². The van der Waals surface area contributed by atoms with Crippen molar-refractivity contribution in [3.8, 4) is 0 Å². The average Bonchev–Trinajstić information content (AvgIpc) is 2.55. The summed E-state index contributed by atoms with van der Waals surface area (Å²) in [5.74, 6) is 1.69. The van der Waals surface area contributed by atoms with E-state index < -0.39 is 0 Å². The maximum atomic E-state index is 12.9. The Bertz CT molecular complexity index is 739. The number of aromatic amines is 1. The van der Waals surface area contributed by atoms with E-state index in [4.69, 9.17) is 0 Å². The van der Waals surface area contributed by atoms with Gasteiger partial charge in [0.1, 0.15) is 0 Å². The minimum absolute atomic E-state index is 0.0262. The van der Waals surface area contributed by atoms with Crippen molar-refractivity contribution in [2.45, 2.75) is 12.8 Å². The van der Waals surface area contributed by atoms with Crippen molar-refractivity contribution in [2.24, 2.45) is 5.92 Å². The molecule has 3 rings (SSSR count). The quantitative estimate of drug-likeness (QED) is 0.947. The highest BCUT2D eigenvalue weighted by molar-refractivity contribution is 7.98. The Hall–Kier alpha value is -1.75. The van der Waals surface area contributed by atoms with Crippen LogP contribution in [-0.4, -0.2) is 40.9 Å². The van der Waals surface area contributed by atoms with Crippen LogP contribution in [0.4, 0.5) is 0 Å². The number of likely N-dealkylation sites (tertiary alicyclic amines) is 1. The van der Waals surface area contributed by atoms with E-state index in [2.05, 4.69) is 11.2 Å². The molecule has 0 spiro atoms. The van der Waals surface area contributed by atoms with Crippen LogP contribution in [0.2, 0.25) is 0 Å². The molecular weight excluding hydrogens is 296 g/mol. The molecule has 22 heavy (non-hydrogen) atoms. The Morgan fingerprint density at radius 3 is 2.91 bits per heavy atom. The monoisotopic (exact) mass is 316 g/mol. The molecule has 2 aromatic rings. The fourth-order valence-corrected chi connectivity index (χ4v) is 3.92. The maximum absolute atomic E-state index is 12.9. The number of amides is 1. The highest BCUT2D eigenvalue weighted by Crippen LogP contribution is 2.23. The second-order valence-corrected chi connectivity index (χ2v) is 6.70. The van der Waals surface area contributed by atoms with E-state index >= 15 is 0 Å². The maximum Gasteiger partial charge on any atom is 0.255 e. The molecule has 0 radical (unpaired) electrons. The average molecular weight is 316 g/mol. The summed E-state index contributed by atoms with van der Waals surface area (Å²) >= 11 is 1.84. The third-order valence-electron chi connectivity index (χ3n) is 4.25. The number of aromatic nitrogens is 1. The van der Waals surface area contributed by atoms with Gasteiger partial charge in [-0.1, -0.05) is 18.2 Å². The molecule has 2 heterocycles. The van der Waals surface area contributed by atoms with Crippen LogP contribution in [-0.2, 0) is 0 Å². The van der Waals surface area contributed by atoms with E-state index in [0.717, 1.165) is 30.6 Å². The Balaban J connectivity index is 1.92. The van der Waals surface area contributed by atoms with Gasteiger partial charge in [0.15, 0.2) is 0 Å². The predicted octanol–water partition coefficient (Wildman–Crippen LogP) is 2.74. The van der Waals surface area contributed by atoms with E-state index in [-0.39, 0.29) is 11.5 Å². The lowest BCUT2D eigenvalue weighted by atomic mass is 9.98. The van der Waals surface area contributed by atoms with Crippen molar-refractivity contribution in [1.82, 2.24) is 9.88 Å². The second kappa shape index (κ2) is 6.57. The van der Waals surface area contributed by atoms with Crippen molar-refractivity contribution < 1.29 is 4.79 Å². The van der Waals surface area contributed by atoms with E-state index in [1.165, 1.54) is 6.42 Å². The summed E-state index contributed by atoms with van der Waals surface area (Å²) in [6.07, 6.45) is 5.91. The number of piperidine rings is 1. The molecule has 1 amide bonds. The zero-order valence-electron chi connectivity index (χ0n) is 12.7. The Labute approximate surface area is 133 Å². The fourth-order valence-electron chi connectivity index (χ4n) is 3.18. The van der Waals surface area contributed by atoms with E-state index in [9.17, 15) is 9.59 Å². The topological polar surface area (TPSA) is 53.2 Å².